The summed E-state index contributed by atoms with van der Waals surface area (Å²) in [4.78, 5) is 25.7. The highest BCUT2D eigenvalue weighted by Crippen LogP contribution is 2.41. The number of halogens is 1. The second-order valence-electron chi connectivity index (χ2n) is 7.69. The Hall–Kier alpha value is -2.79. The van der Waals surface area contributed by atoms with Gasteiger partial charge in [-0.1, -0.05) is 30.7 Å². The summed E-state index contributed by atoms with van der Waals surface area (Å²) in [5.41, 5.74) is 2.03. The molecule has 0 saturated heterocycles. The Bertz CT molecular complexity index is 1130. The molecule has 4 rings (SSSR count). The molecule has 0 radical (unpaired) electrons. The maximum Gasteiger partial charge on any atom is 0.287 e. The fourth-order valence-electron chi connectivity index (χ4n) is 3.74. The van der Waals surface area contributed by atoms with Gasteiger partial charge in [-0.2, -0.15) is 0 Å². The first-order valence-electron chi connectivity index (χ1n) is 9.62. The second-order valence-corrected chi connectivity index (χ2v) is 8.12. The Kier molecular flexibility index (Phi) is 4.87. The molecule has 6 heteroatoms. The average Bonchev–Trinajstić information content (AvgIpc) is 3.02. The van der Waals surface area contributed by atoms with Gasteiger partial charge in [-0.15, -0.1) is 0 Å². The van der Waals surface area contributed by atoms with Crippen molar-refractivity contribution in [3.05, 3.63) is 63.9 Å². The van der Waals surface area contributed by atoms with E-state index in [-0.39, 0.29) is 17.5 Å². The summed E-state index contributed by atoms with van der Waals surface area (Å²) in [6.45, 7) is 6.06. The van der Waals surface area contributed by atoms with Crippen molar-refractivity contribution in [3.63, 3.8) is 0 Å². The van der Waals surface area contributed by atoms with Crippen LogP contribution in [0.15, 0.2) is 40.8 Å². The topological polar surface area (TPSA) is 68.5 Å². The molecule has 2 heterocycles. The number of hydrogen-bond donors (Lipinski definition) is 1. The molecule has 0 spiro atoms. The minimum absolute atomic E-state index is 0.0102. The molecular weight excluding hydrogens is 390 g/mol. The standard InChI is InChI=1S/C23H22ClNO4/c1-4-23(3)11-16(26)20-18(29-23)9-8-17-19(20)13(2)21(28-17)22(27)25-12-14-6-5-7-15(24)10-14/h5-10H,4,11-12H2,1-3H3,(H,25,27). The first-order valence-corrected chi connectivity index (χ1v) is 10.00. The Balaban J connectivity index is 1.67. The molecule has 29 heavy (non-hydrogen) atoms. The van der Waals surface area contributed by atoms with Gasteiger partial charge in [0, 0.05) is 22.5 Å². The molecule has 0 bridgehead atoms. The fourth-order valence-corrected chi connectivity index (χ4v) is 3.95. The van der Waals surface area contributed by atoms with Crippen molar-refractivity contribution in [1.82, 2.24) is 5.32 Å². The monoisotopic (exact) mass is 411 g/mol. The number of hydrogen-bond acceptors (Lipinski definition) is 4. The molecule has 0 saturated carbocycles. The lowest BCUT2D eigenvalue weighted by Gasteiger charge is -2.34. The highest BCUT2D eigenvalue weighted by Gasteiger charge is 2.37. The number of carbonyl (C=O) groups is 2. The molecule has 0 fully saturated rings. The third-order valence-electron chi connectivity index (χ3n) is 5.52. The Morgan fingerprint density at radius 1 is 1.28 bits per heavy atom. The van der Waals surface area contributed by atoms with E-state index in [1.54, 1.807) is 31.2 Å². The minimum Gasteiger partial charge on any atom is -0.486 e. The van der Waals surface area contributed by atoms with Crippen LogP contribution in [-0.4, -0.2) is 17.3 Å². The lowest BCUT2D eigenvalue weighted by molar-refractivity contribution is 0.0503. The smallest absolute Gasteiger partial charge is 0.287 e. The third-order valence-corrected chi connectivity index (χ3v) is 5.76. The Morgan fingerprint density at radius 3 is 2.79 bits per heavy atom. The molecule has 1 unspecified atom stereocenters. The highest BCUT2D eigenvalue weighted by molar-refractivity contribution is 6.30. The van der Waals surface area contributed by atoms with Gasteiger partial charge in [0.05, 0.1) is 12.0 Å². The van der Waals surface area contributed by atoms with E-state index < -0.39 is 5.60 Å². The van der Waals surface area contributed by atoms with E-state index in [4.69, 9.17) is 20.8 Å². The summed E-state index contributed by atoms with van der Waals surface area (Å²) in [6, 6.07) is 10.8. The zero-order chi connectivity index (χ0) is 20.8. The predicted molar refractivity (Wildman–Crippen MR) is 112 cm³/mol. The fraction of sp³-hybridized carbons (Fsp3) is 0.304. The van der Waals surface area contributed by atoms with Crippen molar-refractivity contribution in [2.24, 2.45) is 0 Å². The third kappa shape index (κ3) is 3.51. The molecule has 1 aliphatic rings. The number of Topliss-reactive ketones (excluding diaryl/α,β-unsaturated/α-hetero) is 1. The molecule has 2 aromatic carbocycles. The number of aryl methyl sites for hydroxylation is 1. The number of benzene rings is 2. The van der Waals surface area contributed by atoms with Crippen molar-refractivity contribution in [2.45, 2.75) is 45.8 Å². The molecule has 1 aromatic heterocycles. The second kappa shape index (κ2) is 7.23. The van der Waals surface area contributed by atoms with Crippen LogP contribution in [0.5, 0.6) is 5.75 Å². The van der Waals surface area contributed by atoms with E-state index in [9.17, 15) is 9.59 Å². The van der Waals surface area contributed by atoms with Gasteiger partial charge in [0.1, 0.15) is 16.9 Å². The van der Waals surface area contributed by atoms with Crippen LogP contribution < -0.4 is 10.1 Å². The van der Waals surface area contributed by atoms with E-state index >= 15 is 0 Å². The number of amides is 1. The van der Waals surface area contributed by atoms with Gasteiger partial charge in [-0.3, -0.25) is 9.59 Å². The van der Waals surface area contributed by atoms with Crippen molar-refractivity contribution in [3.8, 4) is 5.75 Å². The van der Waals surface area contributed by atoms with Crippen LogP contribution in [0.4, 0.5) is 0 Å². The molecule has 1 N–H and O–H groups in total. The van der Waals surface area contributed by atoms with Gasteiger partial charge < -0.3 is 14.5 Å². The summed E-state index contributed by atoms with van der Waals surface area (Å²) < 4.78 is 11.9. The summed E-state index contributed by atoms with van der Waals surface area (Å²) in [6.07, 6.45) is 1.04. The molecule has 3 aromatic rings. The van der Waals surface area contributed by atoms with E-state index in [2.05, 4.69) is 5.32 Å². The zero-order valence-corrected chi connectivity index (χ0v) is 17.4. The van der Waals surface area contributed by atoms with Crippen LogP contribution in [0.3, 0.4) is 0 Å². The Morgan fingerprint density at radius 2 is 2.07 bits per heavy atom. The summed E-state index contributed by atoms with van der Waals surface area (Å²) in [5, 5.41) is 4.11. The van der Waals surface area contributed by atoms with E-state index in [0.29, 0.717) is 45.8 Å². The van der Waals surface area contributed by atoms with Gasteiger partial charge in [-0.25, -0.2) is 0 Å². The SMILES string of the molecule is CCC1(C)CC(=O)c2c(ccc3oc(C(=O)NCc4cccc(Cl)c4)c(C)c23)O1. The zero-order valence-electron chi connectivity index (χ0n) is 16.6. The van der Waals surface area contributed by atoms with Gasteiger partial charge >= 0.3 is 0 Å². The highest BCUT2D eigenvalue weighted by atomic mass is 35.5. The van der Waals surface area contributed by atoms with Crippen LogP contribution in [-0.2, 0) is 6.54 Å². The first kappa shape index (κ1) is 19.5. The number of furan rings is 1. The van der Waals surface area contributed by atoms with Crippen LogP contribution >= 0.6 is 11.6 Å². The maximum absolute atomic E-state index is 12.9. The Labute approximate surface area is 174 Å². The maximum atomic E-state index is 12.9. The molecule has 1 atom stereocenters. The van der Waals surface area contributed by atoms with Crippen molar-refractivity contribution in [1.29, 1.82) is 0 Å². The van der Waals surface area contributed by atoms with Gasteiger partial charge in [0.15, 0.2) is 11.5 Å². The van der Waals surface area contributed by atoms with Crippen molar-refractivity contribution >= 4 is 34.3 Å². The number of ketones is 1. The molecule has 1 amide bonds. The number of nitrogens with one attached hydrogen (secondary N) is 1. The quantitative estimate of drug-likeness (QED) is 0.619. The van der Waals surface area contributed by atoms with E-state index in [1.807, 2.05) is 26.0 Å². The normalized spacial score (nSPS) is 18.4. The first-order chi connectivity index (χ1) is 13.8. The molecule has 150 valence electrons. The molecule has 5 nitrogen and oxygen atoms in total. The van der Waals surface area contributed by atoms with Crippen molar-refractivity contribution in [2.75, 3.05) is 0 Å². The number of fused-ring (bicyclic) bond motifs is 3. The van der Waals surface area contributed by atoms with E-state index in [0.717, 1.165) is 12.0 Å². The summed E-state index contributed by atoms with van der Waals surface area (Å²) >= 11 is 5.99. The van der Waals surface area contributed by atoms with Crippen LogP contribution in [0.1, 0.15) is 58.7 Å². The van der Waals surface area contributed by atoms with Gasteiger partial charge in [-0.05, 0) is 50.1 Å². The van der Waals surface area contributed by atoms with Crippen LogP contribution in [0.2, 0.25) is 5.02 Å². The largest absolute Gasteiger partial charge is 0.486 e. The predicted octanol–water partition coefficient (Wildman–Crippen LogP) is 5.46. The van der Waals surface area contributed by atoms with Gasteiger partial charge in [0.2, 0.25) is 0 Å². The lowest BCUT2D eigenvalue weighted by atomic mass is 9.87. The summed E-state index contributed by atoms with van der Waals surface area (Å²) in [5.74, 6) is 0.422. The van der Waals surface area contributed by atoms with Crippen LogP contribution in [0, 0.1) is 6.92 Å². The minimum atomic E-state index is -0.507. The molecule has 0 aliphatic carbocycles. The van der Waals surface area contributed by atoms with E-state index in [1.165, 1.54) is 0 Å². The summed E-state index contributed by atoms with van der Waals surface area (Å²) in [7, 11) is 0. The lowest BCUT2D eigenvalue weighted by Crippen LogP contribution is -2.38. The molecule has 1 aliphatic heterocycles. The van der Waals surface area contributed by atoms with Gasteiger partial charge in [0.25, 0.3) is 5.91 Å². The number of ether oxygens (including phenoxy) is 1. The van der Waals surface area contributed by atoms with Crippen molar-refractivity contribution < 1.29 is 18.7 Å². The number of rotatable bonds is 4. The average molecular weight is 412 g/mol. The molecular formula is C23H22ClNO4. The van der Waals surface area contributed by atoms with Crippen LogP contribution in [0.25, 0.3) is 11.0 Å². The number of carbonyl (C=O) groups excluding carboxylic acids is 2.